The molecule has 1 aromatic heterocycles. The van der Waals surface area contributed by atoms with Gasteiger partial charge in [0.25, 0.3) is 5.91 Å². The standard InChI is InChI=1S/C16H20N4O/c1-9-7-12-8-13(17)5-6-14(12)20(9)16(21)15-10(2)18-19(4)11(15)3/h5-6,8-9H,7,17H2,1-4H3. The number of nitrogen functional groups attached to an aromatic ring is 1. The summed E-state index contributed by atoms with van der Waals surface area (Å²) in [4.78, 5) is 14.9. The number of fused-ring (bicyclic) bond motifs is 1. The highest BCUT2D eigenvalue weighted by molar-refractivity contribution is 6.09. The highest BCUT2D eigenvalue weighted by Gasteiger charge is 2.33. The van der Waals surface area contributed by atoms with Gasteiger partial charge in [-0.3, -0.25) is 9.48 Å². The van der Waals surface area contributed by atoms with Crippen LogP contribution in [0.4, 0.5) is 11.4 Å². The maximum absolute atomic E-state index is 13.0. The second-order valence-electron chi connectivity index (χ2n) is 5.79. The lowest BCUT2D eigenvalue weighted by Gasteiger charge is -2.23. The molecule has 0 saturated heterocycles. The van der Waals surface area contributed by atoms with Crippen molar-refractivity contribution in [3.05, 3.63) is 40.7 Å². The summed E-state index contributed by atoms with van der Waals surface area (Å²) in [6.07, 6.45) is 0.838. The van der Waals surface area contributed by atoms with Crippen molar-refractivity contribution < 1.29 is 4.79 Å². The van der Waals surface area contributed by atoms with Crippen molar-refractivity contribution in [3.8, 4) is 0 Å². The molecule has 0 saturated carbocycles. The molecule has 2 heterocycles. The fourth-order valence-electron chi connectivity index (χ4n) is 3.16. The zero-order chi connectivity index (χ0) is 15.3. The van der Waals surface area contributed by atoms with E-state index in [2.05, 4.69) is 12.0 Å². The maximum atomic E-state index is 13.0. The Balaban J connectivity index is 2.07. The van der Waals surface area contributed by atoms with Gasteiger partial charge in [-0.05, 0) is 51.0 Å². The summed E-state index contributed by atoms with van der Waals surface area (Å²) in [5.41, 5.74) is 11.1. The molecular formula is C16H20N4O. The fraction of sp³-hybridized carbons (Fsp3) is 0.375. The Morgan fingerprint density at radius 2 is 2.10 bits per heavy atom. The molecule has 0 aliphatic carbocycles. The van der Waals surface area contributed by atoms with Crippen LogP contribution in [0.5, 0.6) is 0 Å². The van der Waals surface area contributed by atoms with Crippen molar-refractivity contribution in [3.63, 3.8) is 0 Å². The van der Waals surface area contributed by atoms with Crippen LogP contribution in [0.3, 0.4) is 0 Å². The smallest absolute Gasteiger partial charge is 0.262 e. The van der Waals surface area contributed by atoms with Crippen LogP contribution in [-0.2, 0) is 13.5 Å². The molecule has 5 heteroatoms. The quantitative estimate of drug-likeness (QED) is 0.817. The molecule has 21 heavy (non-hydrogen) atoms. The molecule has 1 unspecified atom stereocenters. The number of carbonyl (C=O) groups excluding carboxylic acids is 1. The Kier molecular flexibility index (Phi) is 3.01. The first-order chi connectivity index (χ1) is 9.90. The monoisotopic (exact) mass is 284 g/mol. The molecule has 1 aliphatic heterocycles. The van der Waals surface area contributed by atoms with Crippen molar-refractivity contribution >= 4 is 17.3 Å². The summed E-state index contributed by atoms with van der Waals surface area (Å²) < 4.78 is 1.76. The molecule has 3 rings (SSSR count). The van der Waals surface area contributed by atoms with Crippen molar-refractivity contribution in [2.24, 2.45) is 7.05 Å². The van der Waals surface area contributed by atoms with Crippen LogP contribution in [0, 0.1) is 13.8 Å². The summed E-state index contributed by atoms with van der Waals surface area (Å²) in [5.74, 6) is 0.0223. The van der Waals surface area contributed by atoms with Crippen LogP contribution < -0.4 is 10.6 Å². The van der Waals surface area contributed by atoms with E-state index in [1.54, 1.807) is 4.68 Å². The Labute approximate surface area is 124 Å². The lowest BCUT2D eigenvalue weighted by Crippen LogP contribution is -2.36. The number of nitrogens with two attached hydrogens (primary N) is 1. The van der Waals surface area contributed by atoms with Gasteiger partial charge in [-0.2, -0.15) is 5.10 Å². The predicted octanol–water partition coefficient (Wildman–Crippen LogP) is 2.21. The van der Waals surface area contributed by atoms with Gasteiger partial charge in [0.15, 0.2) is 0 Å². The topological polar surface area (TPSA) is 64.2 Å². The lowest BCUT2D eigenvalue weighted by molar-refractivity contribution is 0.0980. The Morgan fingerprint density at radius 3 is 2.71 bits per heavy atom. The second kappa shape index (κ2) is 4.62. The van der Waals surface area contributed by atoms with E-state index in [0.717, 1.165) is 34.7 Å². The van der Waals surface area contributed by atoms with Gasteiger partial charge in [0.1, 0.15) is 0 Å². The average Bonchev–Trinajstić information content (AvgIpc) is 2.85. The van der Waals surface area contributed by atoms with Crippen LogP contribution in [-0.4, -0.2) is 21.7 Å². The molecule has 0 bridgehead atoms. The predicted molar refractivity (Wildman–Crippen MR) is 83.5 cm³/mol. The molecule has 1 atom stereocenters. The number of hydrogen-bond donors (Lipinski definition) is 1. The van der Waals surface area contributed by atoms with Gasteiger partial charge in [-0.25, -0.2) is 0 Å². The first kappa shape index (κ1) is 13.7. The molecule has 0 radical (unpaired) electrons. The van der Waals surface area contributed by atoms with Gasteiger partial charge in [0.2, 0.25) is 0 Å². The van der Waals surface area contributed by atoms with E-state index in [9.17, 15) is 4.79 Å². The van der Waals surface area contributed by atoms with Crippen molar-refractivity contribution in [2.75, 3.05) is 10.6 Å². The molecule has 0 spiro atoms. The first-order valence-electron chi connectivity index (χ1n) is 7.12. The summed E-state index contributed by atoms with van der Waals surface area (Å²) in [6, 6.07) is 5.88. The number of aromatic nitrogens is 2. The number of anilines is 2. The minimum Gasteiger partial charge on any atom is -0.399 e. The van der Waals surface area contributed by atoms with E-state index in [-0.39, 0.29) is 11.9 Å². The van der Waals surface area contributed by atoms with Crippen LogP contribution >= 0.6 is 0 Å². The molecule has 5 nitrogen and oxygen atoms in total. The van der Waals surface area contributed by atoms with Crippen molar-refractivity contribution in [1.29, 1.82) is 0 Å². The summed E-state index contributed by atoms with van der Waals surface area (Å²) in [6.45, 7) is 5.87. The van der Waals surface area contributed by atoms with E-state index < -0.39 is 0 Å². The minimum atomic E-state index is 0.0223. The van der Waals surface area contributed by atoms with Crippen molar-refractivity contribution in [2.45, 2.75) is 33.2 Å². The third-order valence-corrected chi connectivity index (χ3v) is 4.26. The van der Waals surface area contributed by atoms with Gasteiger partial charge < -0.3 is 10.6 Å². The zero-order valence-corrected chi connectivity index (χ0v) is 12.8. The third-order valence-electron chi connectivity index (χ3n) is 4.26. The molecule has 1 aliphatic rings. The fourth-order valence-corrected chi connectivity index (χ4v) is 3.16. The molecular weight excluding hydrogens is 264 g/mol. The number of hydrogen-bond acceptors (Lipinski definition) is 3. The van der Waals surface area contributed by atoms with Gasteiger partial charge in [0, 0.05) is 30.2 Å². The summed E-state index contributed by atoms with van der Waals surface area (Å²) in [5, 5.41) is 4.35. The maximum Gasteiger partial charge on any atom is 0.262 e. The number of aryl methyl sites for hydroxylation is 2. The molecule has 0 fully saturated rings. The highest BCUT2D eigenvalue weighted by atomic mass is 16.2. The first-order valence-corrected chi connectivity index (χ1v) is 7.12. The molecule has 1 aromatic carbocycles. The van der Waals surface area contributed by atoms with E-state index in [4.69, 9.17) is 5.73 Å². The Bertz CT molecular complexity index is 732. The normalized spacial score (nSPS) is 17.1. The largest absolute Gasteiger partial charge is 0.399 e. The summed E-state index contributed by atoms with van der Waals surface area (Å²) in [7, 11) is 1.86. The van der Waals surface area contributed by atoms with Crippen molar-refractivity contribution in [1.82, 2.24) is 9.78 Å². The summed E-state index contributed by atoms with van der Waals surface area (Å²) >= 11 is 0. The molecule has 1 amide bonds. The molecule has 2 N–H and O–H groups in total. The minimum absolute atomic E-state index is 0.0223. The Morgan fingerprint density at radius 1 is 1.38 bits per heavy atom. The number of carbonyl (C=O) groups is 1. The van der Waals surface area contributed by atoms with Crippen LogP contribution in [0.15, 0.2) is 18.2 Å². The van der Waals surface area contributed by atoms with Gasteiger partial charge in [0.05, 0.1) is 11.3 Å². The highest BCUT2D eigenvalue weighted by Crippen LogP contribution is 2.35. The third kappa shape index (κ3) is 2.00. The lowest BCUT2D eigenvalue weighted by atomic mass is 10.1. The van der Waals surface area contributed by atoms with Crippen LogP contribution in [0.1, 0.15) is 34.2 Å². The molecule has 110 valence electrons. The van der Waals surface area contributed by atoms with Gasteiger partial charge in [-0.15, -0.1) is 0 Å². The van der Waals surface area contributed by atoms with Crippen LogP contribution in [0.25, 0.3) is 0 Å². The van der Waals surface area contributed by atoms with E-state index in [1.807, 2.05) is 44.0 Å². The van der Waals surface area contributed by atoms with Gasteiger partial charge >= 0.3 is 0 Å². The number of rotatable bonds is 1. The van der Waals surface area contributed by atoms with E-state index >= 15 is 0 Å². The van der Waals surface area contributed by atoms with Gasteiger partial charge in [-0.1, -0.05) is 0 Å². The number of amides is 1. The van der Waals surface area contributed by atoms with E-state index in [0.29, 0.717) is 5.56 Å². The van der Waals surface area contributed by atoms with Crippen LogP contribution in [0.2, 0.25) is 0 Å². The average molecular weight is 284 g/mol. The van der Waals surface area contributed by atoms with E-state index in [1.165, 1.54) is 0 Å². The second-order valence-corrected chi connectivity index (χ2v) is 5.79. The number of nitrogens with zero attached hydrogens (tertiary/aromatic N) is 3. The Hall–Kier alpha value is -2.30. The molecule has 2 aromatic rings. The number of benzene rings is 1. The SMILES string of the molecule is Cc1nn(C)c(C)c1C(=O)N1c2ccc(N)cc2CC1C. The zero-order valence-electron chi connectivity index (χ0n) is 12.8.